The van der Waals surface area contributed by atoms with Crippen LogP contribution in [0, 0.1) is 0 Å². The van der Waals surface area contributed by atoms with Gasteiger partial charge in [0.2, 0.25) is 0 Å². The molecule has 0 amide bonds. The summed E-state index contributed by atoms with van der Waals surface area (Å²) in [5.41, 5.74) is 0. The Bertz CT molecular complexity index is 136. The number of likely N-dealkylation sites (N-methyl/N-ethyl adjacent to an activating group) is 1. The Labute approximate surface area is 69.0 Å². The second-order valence-corrected chi connectivity index (χ2v) is 3.82. The van der Waals surface area contributed by atoms with E-state index in [1.54, 1.807) is 0 Å². The van der Waals surface area contributed by atoms with E-state index in [0.29, 0.717) is 0 Å². The summed E-state index contributed by atoms with van der Waals surface area (Å²) in [6.45, 7) is 6.08. The average Bonchev–Trinajstić information content (AvgIpc) is 2.31. The molecule has 2 heterocycles. The van der Waals surface area contributed by atoms with Crippen LogP contribution < -0.4 is 5.32 Å². The predicted molar refractivity (Wildman–Crippen MR) is 46.7 cm³/mol. The molecular weight excluding hydrogens is 136 g/mol. The lowest BCUT2D eigenvalue weighted by atomic mass is 10.1. The van der Waals surface area contributed by atoms with Crippen molar-refractivity contribution in [1.29, 1.82) is 0 Å². The highest BCUT2D eigenvalue weighted by Gasteiger charge is 2.28. The fourth-order valence-electron chi connectivity index (χ4n) is 2.30. The highest BCUT2D eigenvalue weighted by molar-refractivity contribution is 4.89. The van der Waals surface area contributed by atoms with Crippen molar-refractivity contribution in [3.63, 3.8) is 0 Å². The van der Waals surface area contributed by atoms with Crippen LogP contribution in [0.2, 0.25) is 0 Å². The van der Waals surface area contributed by atoms with Gasteiger partial charge in [0.15, 0.2) is 0 Å². The van der Waals surface area contributed by atoms with Crippen LogP contribution in [-0.2, 0) is 0 Å². The summed E-state index contributed by atoms with van der Waals surface area (Å²) in [6.07, 6.45) is 4.19. The maximum absolute atomic E-state index is 3.68. The van der Waals surface area contributed by atoms with E-state index in [1.807, 2.05) is 0 Å². The van der Waals surface area contributed by atoms with Gasteiger partial charge >= 0.3 is 0 Å². The van der Waals surface area contributed by atoms with Gasteiger partial charge in [-0.05, 0) is 32.4 Å². The normalized spacial score (nSPS) is 39.0. The molecule has 2 heteroatoms. The minimum absolute atomic E-state index is 0.808. The zero-order chi connectivity index (χ0) is 7.68. The van der Waals surface area contributed by atoms with Crippen molar-refractivity contribution in [1.82, 2.24) is 10.2 Å². The largest absolute Gasteiger partial charge is 0.310 e. The molecular formula is C9H18N2. The fourth-order valence-corrected chi connectivity index (χ4v) is 2.30. The average molecular weight is 154 g/mol. The number of hydrogen-bond acceptors (Lipinski definition) is 2. The highest BCUT2D eigenvalue weighted by atomic mass is 15.2. The highest BCUT2D eigenvalue weighted by Crippen LogP contribution is 2.19. The second-order valence-electron chi connectivity index (χ2n) is 3.82. The van der Waals surface area contributed by atoms with Gasteiger partial charge in [-0.15, -0.1) is 0 Å². The lowest BCUT2D eigenvalue weighted by Crippen LogP contribution is -2.35. The molecule has 0 saturated carbocycles. The van der Waals surface area contributed by atoms with Crippen LogP contribution in [-0.4, -0.2) is 36.6 Å². The molecule has 2 fully saturated rings. The first-order chi connectivity index (χ1) is 5.38. The van der Waals surface area contributed by atoms with Crippen LogP contribution >= 0.6 is 0 Å². The molecule has 0 spiro atoms. The van der Waals surface area contributed by atoms with Gasteiger partial charge in [0.05, 0.1) is 0 Å². The maximum Gasteiger partial charge on any atom is 0.0198 e. The van der Waals surface area contributed by atoms with Crippen molar-refractivity contribution in [2.75, 3.05) is 19.6 Å². The lowest BCUT2D eigenvalue weighted by molar-refractivity contribution is 0.272. The Morgan fingerprint density at radius 1 is 1.27 bits per heavy atom. The van der Waals surface area contributed by atoms with E-state index in [0.717, 1.165) is 12.1 Å². The molecule has 0 radical (unpaired) electrons. The van der Waals surface area contributed by atoms with Crippen molar-refractivity contribution < 1.29 is 0 Å². The number of hydrogen-bond donors (Lipinski definition) is 1. The summed E-state index contributed by atoms with van der Waals surface area (Å²) >= 11 is 0. The molecule has 1 N–H and O–H groups in total. The van der Waals surface area contributed by atoms with Gasteiger partial charge in [-0.3, -0.25) is 0 Å². The molecule has 2 aliphatic rings. The molecule has 64 valence electrons. The Morgan fingerprint density at radius 3 is 2.91 bits per heavy atom. The SMILES string of the molecule is CCN1CC[C@@H]2CC[C@@H](C1)N2. The summed E-state index contributed by atoms with van der Waals surface area (Å²) in [5, 5.41) is 3.68. The first-order valence-corrected chi connectivity index (χ1v) is 4.87. The van der Waals surface area contributed by atoms with E-state index < -0.39 is 0 Å². The molecule has 0 aromatic carbocycles. The van der Waals surface area contributed by atoms with E-state index in [1.165, 1.54) is 38.9 Å². The monoisotopic (exact) mass is 154 g/mol. The van der Waals surface area contributed by atoms with E-state index in [9.17, 15) is 0 Å². The van der Waals surface area contributed by atoms with Crippen molar-refractivity contribution >= 4 is 0 Å². The first kappa shape index (κ1) is 7.56. The van der Waals surface area contributed by atoms with Crippen molar-refractivity contribution in [3.05, 3.63) is 0 Å². The van der Waals surface area contributed by atoms with Crippen LogP contribution in [0.4, 0.5) is 0 Å². The number of nitrogens with one attached hydrogen (secondary N) is 1. The smallest absolute Gasteiger partial charge is 0.0198 e. The third kappa shape index (κ3) is 1.57. The zero-order valence-electron chi connectivity index (χ0n) is 7.34. The third-order valence-electron chi connectivity index (χ3n) is 3.05. The van der Waals surface area contributed by atoms with Gasteiger partial charge in [0, 0.05) is 18.6 Å². The van der Waals surface area contributed by atoms with Gasteiger partial charge in [0.1, 0.15) is 0 Å². The molecule has 2 bridgehead atoms. The zero-order valence-corrected chi connectivity index (χ0v) is 7.34. The van der Waals surface area contributed by atoms with Crippen LogP contribution in [0.1, 0.15) is 26.2 Å². The first-order valence-electron chi connectivity index (χ1n) is 4.87. The van der Waals surface area contributed by atoms with Crippen LogP contribution in [0.15, 0.2) is 0 Å². The molecule has 2 atom stereocenters. The molecule has 2 aliphatic heterocycles. The van der Waals surface area contributed by atoms with Gasteiger partial charge < -0.3 is 10.2 Å². The standard InChI is InChI=1S/C9H18N2/c1-2-11-6-5-8-3-4-9(7-11)10-8/h8-10H,2-7H2,1H3/t8-,9-/m0/s1. The molecule has 2 rings (SSSR count). The molecule has 2 nitrogen and oxygen atoms in total. The quantitative estimate of drug-likeness (QED) is 0.602. The van der Waals surface area contributed by atoms with E-state index in [4.69, 9.17) is 0 Å². The predicted octanol–water partition coefficient (Wildman–Crippen LogP) is 0.833. The van der Waals surface area contributed by atoms with Crippen LogP contribution in [0.3, 0.4) is 0 Å². The molecule has 0 aromatic rings. The molecule has 2 saturated heterocycles. The minimum atomic E-state index is 0.808. The summed E-state index contributed by atoms with van der Waals surface area (Å²) in [6, 6.07) is 1.65. The third-order valence-corrected chi connectivity index (χ3v) is 3.05. The molecule has 11 heavy (non-hydrogen) atoms. The number of rotatable bonds is 1. The van der Waals surface area contributed by atoms with Crippen molar-refractivity contribution in [2.24, 2.45) is 0 Å². The van der Waals surface area contributed by atoms with Crippen molar-refractivity contribution in [2.45, 2.75) is 38.3 Å². The lowest BCUT2D eigenvalue weighted by Gasteiger charge is -2.21. The van der Waals surface area contributed by atoms with Crippen LogP contribution in [0.5, 0.6) is 0 Å². The fraction of sp³-hybridized carbons (Fsp3) is 1.00. The molecule has 0 unspecified atom stereocenters. The van der Waals surface area contributed by atoms with Gasteiger partial charge in [-0.2, -0.15) is 0 Å². The maximum atomic E-state index is 3.68. The Kier molecular flexibility index (Phi) is 2.14. The van der Waals surface area contributed by atoms with E-state index in [2.05, 4.69) is 17.1 Å². The summed E-state index contributed by atoms with van der Waals surface area (Å²) in [5.74, 6) is 0. The van der Waals surface area contributed by atoms with Gasteiger partial charge in [-0.25, -0.2) is 0 Å². The van der Waals surface area contributed by atoms with E-state index >= 15 is 0 Å². The molecule has 0 aromatic heterocycles. The molecule has 0 aliphatic carbocycles. The summed E-state index contributed by atoms with van der Waals surface area (Å²) < 4.78 is 0. The number of likely N-dealkylation sites (tertiary alicyclic amines) is 1. The van der Waals surface area contributed by atoms with Crippen molar-refractivity contribution in [3.8, 4) is 0 Å². The second kappa shape index (κ2) is 3.11. The minimum Gasteiger partial charge on any atom is -0.310 e. The van der Waals surface area contributed by atoms with E-state index in [-0.39, 0.29) is 0 Å². The number of nitrogens with zero attached hydrogens (tertiary/aromatic N) is 1. The summed E-state index contributed by atoms with van der Waals surface area (Å²) in [7, 11) is 0. The Morgan fingerprint density at radius 2 is 2.09 bits per heavy atom. The number of fused-ring (bicyclic) bond motifs is 2. The Balaban J connectivity index is 1.94. The topological polar surface area (TPSA) is 15.3 Å². The van der Waals surface area contributed by atoms with Crippen LogP contribution in [0.25, 0.3) is 0 Å². The summed E-state index contributed by atoms with van der Waals surface area (Å²) in [4.78, 5) is 2.57. The Hall–Kier alpha value is -0.0800. The van der Waals surface area contributed by atoms with Gasteiger partial charge in [-0.1, -0.05) is 6.92 Å². The van der Waals surface area contributed by atoms with Gasteiger partial charge in [0.25, 0.3) is 0 Å².